The first-order valence-electron chi connectivity index (χ1n) is 5.78. The highest BCUT2D eigenvalue weighted by atomic mass is 16.6. The van der Waals surface area contributed by atoms with Gasteiger partial charge < -0.3 is 11.1 Å². The quantitative estimate of drug-likeness (QED) is 0.565. The fraction of sp³-hybridized carbons (Fsp3) is 0.250. The molecule has 0 unspecified atom stereocenters. The SMILES string of the molecule is N=C(Nc1cccc(C2CC2)c1)c1nonc1N. The summed E-state index contributed by atoms with van der Waals surface area (Å²) in [6.07, 6.45) is 2.50. The summed E-state index contributed by atoms with van der Waals surface area (Å²) in [5.41, 5.74) is 7.92. The molecule has 1 aromatic heterocycles. The van der Waals surface area contributed by atoms with Crippen LogP contribution in [0.1, 0.15) is 30.0 Å². The van der Waals surface area contributed by atoms with Gasteiger partial charge in [0.05, 0.1) is 0 Å². The Labute approximate surface area is 104 Å². The molecule has 18 heavy (non-hydrogen) atoms. The van der Waals surface area contributed by atoms with Gasteiger partial charge in [-0.25, -0.2) is 4.63 Å². The molecule has 1 heterocycles. The molecule has 1 aromatic carbocycles. The van der Waals surface area contributed by atoms with Gasteiger partial charge in [0.25, 0.3) is 0 Å². The monoisotopic (exact) mass is 243 g/mol. The molecule has 1 aliphatic rings. The Morgan fingerprint density at radius 3 is 2.89 bits per heavy atom. The van der Waals surface area contributed by atoms with Crippen LogP contribution in [0.25, 0.3) is 0 Å². The molecule has 0 amide bonds. The molecule has 4 N–H and O–H groups in total. The molecule has 0 saturated heterocycles. The number of hydrogen-bond donors (Lipinski definition) is 3. The summed E-state index contributed by atoms with van der Waals surface area (Å²) in [4.78, 5) is 0. The molecule has 0 aliphatic heterocycles. The minimum atomic E-state index is 0.0849. The van der Waals surface area contributed by atoms with Crippen LogP contribution in [0.15, 0.2) is 28.9 Å². The van der Waals surface area contributed by atoms with Gasteiger partial charge in [-0.15, -0.1) is 0 Å². The number of amidine groups is 1. The zero-order valence-corrected chi connectivity index (χ0v) is 9.68. The minimum absolute atomic E-state index is 0.0849. The number of anilines is 2. The molecule has 1 saturated carbocycles. The zero-order valence-electron chi connectivity index (χ0n) is 9.68. The minimum Gasteiger partial charge on any atom is -0.379 e. The van der Waals surface area contributed by atoms with Crippen molar-refractivity contribution in [1.29, 1.82) is 5.41 Å². The maximum absolute atomic E-state index is 7.86. The van der Waals surface area contributed by atoms with E-state index < -0.39 is 0 Å². The van der Waals surface area contributed by atoms with Crippen molar-refractivity contribution in [3.8, 4) is 0 Å². The van der Waals surface area contributed by atoms with Crippen LogP contribution in [0.2, 0.25) is 0 Å². The number of nitrogen functional groups attached to an aromatic ring is 1. The van der Waals surface area contributed by atoms with Crippen molar-refractivity contribution in [1.82, 2.24) is 10.3 Å². The predicted molar refractivity (Wildman–Crippen MR) is 67.6 cm³/mol. The number of hydrogen-bond acceptors (Lipinski definition) is 5. The van der Waals surface area contributed by atoms with E-state index in [0.717, 1.165) is 5.69 Å². The molecule has 6 heteroatoms. The molecule has 2 aromatic rings. The van der Waals surface area contributed by atoms with Crippen LogP contribution in [-0.4, -0.2) is 16.1 Å². The average Bonchev–Trinajstić information content (AvgIpc) is 3.12. The lowest BCUT2D eigenvalue weighted by molar-refractivity contribution is 0.308. The Morgan fingerprint density at radius 2 is 2.22 bits per heavy atom. The molecule has 1 fully saturated rings. The molecule has 0 radical (unpaired) electrons. The first kappa shape index (κ1) is 10.8. The van der Waals surface area contributed by atoms with Crippen molar-refractivity contribution < 1.29 is 4.63 Å². The number of nitrogens with zero attached hydrogens (tertiary/aromatic N) is 2. The fourth-order valence-electron chi connectivity index (χ4n) is 1.86. The smallest absolute Gasteiger partial charge is 0.199 e. The standard InChI is InChI=1S/C12H13N5O/c13-11(10-12(14)17-18-16-10)15-9-3-1-2-8(6-9)7-4-5-7/h1-3,6-7H,4-5H2,(H2,13,15)(H2,14,17). The van der Waals surface area contributed by atoms with E-state index in [-0.39, 0.29) is 17.3 Å². The Kier molecular flexibility index (Phi) is 2.47. The number of benzene rings is 1. The summed E-state index contributed by atoms with van der Waals surface area (Å²) in [5, 5.41) is 17.8. The van der Waals surface area contributed by atoms with E-state index in [1.165, 1.54) is 18.4 Å². The normalized spacial score (nSPS) is 14.4. The maximum Gasteiger partial charge on any atom is 0.199 e. The average molecular weight is 243 g/mol. The van der Waals surface area contributed by atoms with Gasteiger partial charge in [-0.05, 0) is 46.8 Å². The lowest BCUT2D eigenvalue weighted by Gasteiger charge is -2.07. The maximum atomic E-state index is 7.86. The van der Waals surface area contributed by atoms with Crippen LogP contribution in [0.3, 0.4) is 0 Å². The Bertz CT molecular complexity index is 588. The molecular weight excluding hydrogens is 230 g/mol. The number of aromatic nitrogens is 2. The molecule has 0 bridgehead atoms. The lowest BCUT2D eigenvalue weighted by Crippen LogP contribution is -2.14. The second-order valence-corrected chi connectivity index (χ2v) is 4.40. The highest BCUT2D eigenvalue weighted by molar-refractivity contribution is 6.07. The van der Waals surface area contributed by atoms with E-state index in [2.05, 4.69) is 32.4 Å². The first-order chi connectivity index (χ1) is 8.74. The van der Waals surface area contributed by atoms with E-state index in [4.69, 9.17) is 11.1 Å². The van der Waals surface area contributed by atoms with Gasteiger partial charge in [0.2, 0.25) is 0 Å². The van der Waals surface area contributed by atoms with Gasteiger partial charge in [0.15, 0.2) is 17.3 Å². The highest BCUT2D eigenvalue weighted by Gasteiger charge is 2.23. The van der Waals surface area contributed by atoms with E-state index in [0.29, 0.717) is 5.92 Å². The van der Waals surface area contributed by atoms with Crippen LogP contribution in [-0.2, 0) is 0 Å². The van der Waals surface area contributed by atoms with Gasteiger partial charge in [-0.1, -0.05) is 12.1 Å². The molecule has 92 valence electrons. The summed E-state index contributed by atoms with van der Waals surface area (Å²) in [7, 11) is 0. The summed E-state index contributed by atoms with van der Waals surface area (Å²) >= 11 is 0. The first-order valence-corrected chi connectivity index (χ1v) is 5.78. The fourth-order valence-corrected chi connectivity index (χ4v) is 1.86. The topological polar surface area (TPSA) is 101 Å². The van der Waals surface area contributed by atoms with Crippen molar-refractivity contribution in [2.75, 3.05) is 11.1 Å². The molecular formula is C12H13N5O. The van der Waals surface area contributed by atoms with E-state index in [1.54, 1.807) is 0 Å². The van der Waals surface area contributed by atoms with Crippen LogP contribution in [0.5, 0.6) is 0 Å². The van der Waals surface area contributed by atoms with Gasteiger partial charge >= 0.3 is 0 Å². The van der Waals surface area contributed by atoms with Crippen molar-refractivity contribution in [2.45, 2.75) is 18.8 Å². The molecule has 0 spiro atoms. The van der Waals surface area contributed by atoms with E-state index in [9.17, 15) is 0 Å². The highest BCUT2D eigenvalue weighted by Crippen LogP contribution is 2.40. The molecule has 3 rings (SSSR count). The molecule has 6 nitrogen and oxygen atoms in total. The summed E-state index contributed by atoms with van der Waals surface area (Å²) in [5.74, 6) is 0.882. The van der Waals surface area contributed by atoms with Crippen LogP contribution in [0, 0.1) is 5.41 Å². The summed E-state index contributed by atoms with van der Waals surface area (Å²) in [6, 6.07) is 8.05. The second kappa shape index (κ2) is 4.14. The third-order valence-corrected chi connectivity index (χ3v) is 2.96. The second-order valence-electron chi connectivity index (χ2n) is 4.40. The van der Waals surface area contributed by atoms with Gasteiger partial charge in [0, 0.05) is 5.69 Å². The predicted octanol–water partition coefficient (Wildman–Crippen LogP) is 1.97. The van der Waals surface area contributed by atoms with E-state index in [1.807, 2.05) is 12.1 Å². The lowest BCUT2D eigenvalue weighted by atomic mass is 10.1. The number of rotatable bonds is 3. The number of nitrogens with two attached hydrogens (primary N) is 1. The van der Waals surface area contributed by atoms with Crippen molar-refractivity contribution in [3.63, 3.8) is 0 Å². The van der Waals surface area contributed by atoms with Crippen molar-refractivity contribution in [2.24, 2.45) is 0 Å². The Balaban J connectivity index is 1.78. The third-order valence-electron chi connectivity index (χ3n) is 2.96. The summed E-state index contributed by atoms with van der Waals surface area (Å²) in [6.45, 7) is 0. The zero-order chi connectivity index (χ0) is 12.5. The van der Waals surface area contributed by atoms with Gasteiger partial charge in [-0.2, -0.15) is 0 Å². The number of nitrogens with one attached hydrogen (secondary N) is 2. The van der Waals surface area contributed by atoms with Gasteiger partial charge in [-0.3, -0.25) is 5.41 Å². The molecule has 0 atom stereocenters. The van der Waals surface area contributed by atoms with Crippen LogP contribution < -0.4 is 11.1 Å². The Hall–Kier alpha value is -2.37. The Morgan fingerprint density at radius 1 is 1.39 bits per heavy atom. The van der Waals surface area contributed by atoms with Crippen LogP contribution in [0.4, 0.5) is 11.5 Å². The van der Waals surface area contributed by atoms with E-state index >= 15 is 0 Å². The van der Waals surface area contributed by atoms with Crippen molar-refractivity contribution >= 4 is 17.3 Å². The largest absolute Gasteiger partial charge is 0.379 e. The van der Waals surface area contributed by atoms with Gasteiger partial charge in [0.1, 0.15) is 0 Å². The van der Waals surface area contributed by atoms with Crippen molar-refractivity contribution in [3.05, 3.63) is 35.5 Å². The summed E-state index contributed by atoms with van der Waals surface area (Å²) < 4.78 is 4.47. The molecule has 1 aliphatic carbocycles. The third kappa shape index (κ3) is 2.04. The van der Waals surface area contributed by atoms with Crippen LogP contribution >= 0.6 is 0 Å².